The minimum Gasteiger partial charge on any atom is -0.479 e. The van der Waals surface area contributed by atoms with Gasteiger partial charge in [-0.3, -0.25) is 0 Å². The second kappa shape index (κ2) is 9.00. The predicted octanol–water partition coefficient (Wildman–Crippen LogP) is 2.94. The van der Waals surface area contributed by atoms with Crippen LogP contribution in [0.3, 0.4) is 0 Å². The number of urea groups is 1. The third-order valence-electron chi connectivity index (χ3n) is 3.15. The molecule has 1 rings (SSSR count). The molecule has 0 bridgehead atoms. The van der Waals surface area contributed by atoms with Crippen LogP contribution in [0.2, 0.25) is 0 Å². The van der Waals surface area contributed by atoms with E-state index in [4.69, 9.17) is 0 Å². The highest BCUT2D eigenvalue weighted by Crippen LogP contribution is 2.12. The Kier molecular flexibility index (Phi) is 7.29. The second-order valence-electron chi connectivity index (χ2n) is 5.47. The molecule has 1 unspecified atom stereocenters. The van der Waals surface area contributed by atoms with Gasteiger partial charge in [0.25, 0.3) is 0 Å². The Hall–Kier alpha value is -2.04. The molecule has 2 amide bonds. The molecular formula is C16H24N2O3. The molecule has 1 atom stereocenters. The maximum Gasteiger partial charge on any atom is 0.330 e. The maximum absolute atomic E-state index is 11.7. The van der Waals surface area contributed by atoms with Gasteiger partial charge in [-0.1, -0.05) is 57.0 Å². The highest BCUT2D eigenvalue weighted by Gasteiger charge is 2.21. The Morgan fingerprint density at radius 3 is 2.38 bits per heavy atom. The molecule has 0 aliphatic carbocycles. The van der Waals surface area contributed by atoms with Gasteiger partial charge in [0.1, 0.15) is 0 Å². The fraction of sp³-hybridized carbons (Fsp3) is 0.500. The lowest BCUT2D eigenvalue weighted by atomic mass is 10.1. The summed E-state index contributed by atoms with van der Waals surface area (Å²) in [7, 11) is 0. The van der Waals surface area contributed by atoms with Crippen molar-refractivity contribution < 1.29 is 14.7 Å². The van der Waals surface area contributed by atoms with Gasteiger partial charge in [-0.05, 0) is 17.9 Å². The molecule has 0 saturated carbocycles. The van der Waals surface area contributed by atoms with Gasteiger partial charge in [0.05, 0.1) is 0 Å². The molecule has 0 heterocycles. The zero-order valence-electron chi connectivity index (χ0n) is 12.6. The Morgan fingerprint density at radius 2 is 1.81 bits per heavy atom. The third kappa shape index (κ3) is 6.79. The number of carbonyl (C=O) groups is 2. The average Bonchev–Trinajstić information content (AvgIpc) is 2.44. The molecule has 0 aromatic heterocycles. The van der Waals surface area contributed by atoms with Crippen molar-refractivity contribution in [1.29, 1.82) is 0 Å². The van der Waals surface area contributed by atoms with E-state index in [-0.39, 0.29) is 0 Å². The number of carboxylic acid groups (broad SMARTS) is 1. The lowest BCUT2D eigenvalue weighted by molar-refractivity contribution is -0.139. The van der Waals surface area contributed by atoms with E-state index in [1.54, 1.807) is 30.3 Å². The van der Waals surface area contributed by atoms with Crippen LogP contribution < -0.4 is 10.6 Å². The summed E-state index contributed by atoms with van der Waals surface area (Å²) < 4.78 is 0. The first-order valence-corrected chi connectivity index (χ1v) is 7.33. The van der Waals surface area contributed by atoms with Crippen molar-refractivity contribution >= 4 is 12.0 Å². The first-order chi connectivity index (χ1) is 10.0. The molecule has 116 valence electrons. The van der Waals surface area contributed by atoms with Crippen molar-refractivity contribution in [1.82, 2.24) is 10.6 Å². The average molecular weight is 292 g/mol. The maximum atomic E-state index is 11.7. The molecule has 5 heteroatoms. The molecule has 1 aromatic rings. The normalized spacial score (nSPS) is 12.0. The summed E-state index contributed by atoms with van der Waals surface area (Å²) in [4.78, 5) is 23.0. The standard InChI is InChI=1S/C16H24N2O3/c1-12(2)8-6-7-11-17-16(21)18-14(15(19)20)13-9-4-3-5-10-13/h3-5,9-10,12,14H,6-8,11H2,1-2H3,(H,19,20)(H2,17,18,21). The number of amides is 2. The van der Waals surface area contributed by atoms with Crippen molar-refractivity contribution in [2.45, 2.75) is 39.2 Å². The van der Waals surface area contributed by atoms with Crippen molar-refractivity contribution in [3.8, 4) is 0 Å². The molecule has 3 N–H and O–H groups in total. The van der Waals surface area contributed by atoms with Crippen LogP contribution in [-0.4, -0.2) is 23.7 Å². The van der Waals surface area contributed by atoms with Gasteiger partial charge in [0.15, 0.2) is 6.04 Å². The van der Waals surface area contributed by atoms with Gasteiger partial charge in [-0.25, -0.2) is 9.59 Å². The molecule has 0 aliphatic heterocycles. The summed E-state index contributed by atoms with van der Waals surface area (Å²) in [6.07, 6.45) is 3.08. The minimum absolute atomic E-state index is 0.448. The summed E-state index contributed by atoms with van der Waals surface area (Å²) in [5.41, 5.74) is 0.556. The molecule has 21 heavy (non-hydrogen) atoms. The molecular weight excluding hydrogens is 268 g/mol. The van der Waals surface area contributed by atoms with Crippen LogP contribution in [0, 0.1) is 5.92 Å². The van der Waals surface area contributed by atoms with Gasteiger partial charge in [0, 0.05) is 6.54 Å². The van der Waals surface area contributed by atoms with E-state index in [1.807, 2.05) is 0 Å². The van der Waals surface area contributed by atoms with E-state index in [9.17, 15) is 14.7 Å². The molecule has 0 aliphatic rings. The van der Waals surface area contributed by atoms with E-state index in [2.05, 4.69) is 24.5 Å². The minimum atomic E-state index is -1.07. The second-order valence-corrected chi connectivity index (χ2v) is 5.47. The molecule has 0 saturated heterocycles. The highest BCUT2D eigenvalue weighted by molar-refractivity contribution is 5.83. The van der Waals surface area contributed by atoms with Crippen molar-refractivity contribution in [2.75, 3.05) is 6.54 Å². The topological polar surface area (TPSA) is 78.4 Å². The van der Waals surface area contributed by atoms with E-state index < -0.39 is 18.0 Å². The molecule has 1 aromatic carbocycles. The van der Waals surface area contributed by atoms with Gasteiger partial charge < -0.3 is 15.7 Å². The van der Waals surface area contributed by atoms with Crippen molar-refractivity contribution in [2.24, 2.45) is 5.92 Å². The van der Waals surface area contributed by atoms with Crippen molar-refractivity contribution in [3.63, 3.8) is 0 Å². The zero-order chi connectivity index (χ0) is 15.7. The number of benzene rings is 1. The van der Waals surface area contributed by atoms with E-state index in [0.717, 1.165) is 19.3 Å². The summed E-state index contributed by atoms with van der Waals surface area (Å²) in [6.45, 7) is 4.88. The fourth-order valence-corrected chi connectivity index (χ4v) is 1.99. The van der Waals surface area contributed by atoms with Crippen LogP contribution in [-0.2, 0) is 4.79 Å². The fourth-order valence-electron chi connectivity index (χ4n) is 1.99. The van der Waals surface area contributed by atoms with Gasteiger partial charge in [-0.2, -0.15) is 0 Å². The first-order valence-electron chi connectivity index (χ1n) is 7.33. The number of unbranched alkanes of at least 4 members (excludes halogenated alkanes) is 1. The molecule has 0 radical (unpaired) electrons. The smallest absolute Gasteiger partial charge is 0.330 e. The SMILES string of the molecule is CC(C)CCCCNC(=O)NC(C(=O)O)c1ccccc1. The summed E-state index contributed by atoms with van der Waals surface area (Å²) in [5.74, 6) is -0.413. The van der Waals surface area contributed by atoms with Crippen LogP contribution >= 0.6 is 0 Å². The largest absolute Gasteiger partial charge is 0.479 e. The third-order valence-corrected chi connectivity index (χ3v) is 3.15. The van der Waals surface area contributed by atoms with Crippen LogP contribution in [0.1, 0.15) is 44.7 Å². The number of rotatable bonds is 8. The van der Waals surface area contributed by atoms with E-state index >= 15 is 0 Å². The van der Waals surface area contributed by atoms with Crippen molar-refractivity contribution in [3.05, 3.63) is 35.9 Å². The van der Waals surface area contributed by atoms with Crippen LogP contribution in [0.15, 0.2) is 30.3 Å². The number of carboxylic acids is 1. The quantitative estimate of drug-likeness (QED) is 0.645. The molecule has 5 nitrogen and oxygen atoms in total. The summed E-state index contributed by atoms with van der Waals surface area (Å²) >= 11 is 0. The van der Waals surface area contributed by atoms with Gasteiger partial charge >= 0.3 is 12.0 Å². The number of nitrogens with one attached hydrogen (secondary N) is 2. The number of hydrogen-bond donors (Lipinski definition) is 3. The highest BCUT2D eigenvalue weighted by atomic mass is 16.4. The van der Waals surface area contributed by atoms with Gasteiger partial charge in [-0.15, -0.1) is 0 Å². The van der Waals surface area contributed by atoms with Crippen LogP contribution in [0.4, 0.5) is 4.79 Å². The Morgan fingerprint density at radius 1 is 1.14 bits per heavy atom. The number of carbonyl (C=O) groups excluding carboxylic acids is 1. The lowest BCUT2D eigenvalue weighted by Crippen LogP contribution is -2.41. The summed E-state index contributed by atoms with van der Waals surface area (Å²) in [5, 5.41) is 14.4. The lowest BCUT2D eigenvalue weighted by Gasteiger charge is -2.15. The number of hydrogen-bond acceptors (Lipinski definition) is 2. The van der Waals surface area contributed by atoms with Crippen LogP contribution in [0.25, 0.3) is 0 Å². The Balaban J connectivity index is 2.39. The number of aliphatic carboxylic acids is 1. The predicted molar refractivity (Wildman–Crippen MR) is 82.0 cm³/mol. The summed E-state index contributed by atoms with van der Waals surface area (Å²) in [6, 6.07) is 7.19. The Bertz CT molecular complexity index is 446. The molecule has 0 fully saturated rings. The van der Waals surface area contributed by atoms with Crippen LogP contribution in [0.5, 0.6) is 0 Å². The van der Waals surface area contributed by atoms with E-state index in [1.165, 1.54) is 0 Å². The molecule has 0 spiro atoms. The zero-order valence-corrected chi connectivity index (χ0v) is 12.6. The van der Waals surface area contributed by atoms with Gasteiger partial charge in [0.2, 0.25) is 0 Å². The Labute approximate surface area is 125 Å². The first kappa shape index (κ1) is 17.0. The van der Waals surface area contributed by atoms with E-state index in [0.29, 0.717) is 18.0 Å². The monoisotopic (exact) mass is 292 g/mol.